The van der Waals surface area contributed by atoms with E-state index in [0.29, 0.717) is 4.77 Å². The van der Waals surface area contributed by atoms with Crippen LogP contribution in [0, 0.1) is 11.7 Å². The number of aromatic nitrogens is 2. The van der Waals surface area contributed by atoms with Crippen molar-refractivity contribution in [1.29, 1.82) is 0 Å². The molecule has 4 heteroatoms. The second kappa shape index (κ2) is 1.71. The van der Waals surface area contributed by atoms with Crippen molar-refractivity contribution in [3.8, 4) is 0 Å². The Morgan fingerprint density at radius 2 is 2.57 bits per heavy atom. The van der Waals surface area contributed by atoms with E-state index in [0.717, 1.165) is 5.01 Å². The lowest BCUT2D eigenvalue weighted by molar-refractivity contribution is 1.22. The van der Waals surface area contributed by atoms with E-state index < -0.39 is 0 Å². The lowest BCUT2D eigenvalue weighted by Crippen LogP contribution is -1.61. The summed E-state index contributed by atoms with van der Waals surface area (Å²) in [6, 6.07) is 0. The van der Waals surface area contributed by atoms with Crippen molar-refractivity contribution < 1.29 is 0 Å². The van der Waals surface area contributed by atoms with E-state index in [9.17, 15) is 0 Å². The highest BCUT2D eigenvalue weighted by Crippen LogP contribution is 1.95. The zero-order valence-corrected chi connectivity index (χ0v) is 5.40. The molecule has 1 aromatic rings. The van der Waals surface area contributed by atoms with E-state index in [-0.39, 0.29) is 0 Å². The molecule has 0 radical (unpaired) electrons. The summed E-state index contributed by atoms with van der Waals surface area (Å²) in [7, 11) is 0. The molecule has 0 saturated carbocycles. The molecule has 0 aliphatic heterocycles. The molecule has 0 spiro atoms. The Hall–Kier alpha value is -0.220. The van der Waals surface area contributed by atoms with Gasteiger partial charge in [-0.25, -0.2) is 4.98 Å². The van der Waals surface area contributed by atoms with Crippen molar-refractivity contribution in [2.75, 3.05) is 0 Å². The van der Waals surface area contributed by atoms with E-state index in [4.69, 9.17) is 0 Å². The molecule has 0 fully saturated rings. The number of hydrogen-bond acceptors (Lipinski definition) is 3. The van der Waals surface area contributed by atoms with Gasteiger partial charge in [-0.1, -0.05) is 0 Å². The lowest BCUT2D eigenvalue weighted by atomic mass is 10.8. The summed E-state index contributed by atoms with van der Waals surface area (Å²) in [5, 5.41) is 0.991. The predicted molar refractivity (Wildman–Crippen MR) is 32.0 cm³/mol. The molecule has 7 heavy (non-hydrogen) atoms. The van der Waals surface area contributed by atoms with Crippen LogP contribution in [0.3, 0.4) is 0 Å². The van der Waals surface area contributed by atoms with Gasteiger partial charge in [-0.3, -0.25) is 4.37 Å². The van der Waals surface area contributed by atoms with Crippen LogP contribution in [0.4, 0.5) is 0 Å². The number of nitrogens with one attached hydrogen (secondary N) is 1. The molecule has 1 rings (SSSR count). The van der Waals surface area contributed by atoms with Gasteiger partial charge in [-0.05, 0) is 30.7 Å². The molecule has 0 aromatic carbocycles. The standard InChI is InChI=1S/C3H4N2S2/c1-2-4-3(6)5-7-2/h1H3,(H,5,6). The van der Waals surface area contributed by atoms with Gasteiger partial charge >= 0.3 is 0 Å². The molecule has 0 amide bonds. The van der Waals surface area contributed by atoms with Crippen LogP contribution < -0.4 is 0 Å². The molecule has 0 aliphatic rings. The normalized spacial score (nSPS) is 9.29. The number of aromatic amines is 1. The highest BCUT2D eigenvalue weighted by atomic mass is 32.1. The second-order valence-electron chi connectivity index (χ2n) is 1.14. The van der Waals surface area contributed by atoms with Crippen LogP contribution in [-0.4, -0.2) is 9.36 Å². The maximum atomic E-state index is 4.68. The first-order valence-corrected chi connectivity index (χ1v) is 3.03. The summed E-state index contributed by atoms with van der Waals surface area (Å²) in [5.74, 6) is 0. The molecule has 0 bridgehead atoms. The SMILES string of the molecule is Cc1nc(=S)[nH]s1. The quantitative estimate of drug-likeness (QED) is 0.542. The summed E-state index contributed by atoms with van der Waals surface area (Å²) < 4.78 is 3.40. The number of aryl methyl sites for hydroxylation is 1. The number of hydrogen-bond donors (Lipinski definition) is 1. The number of rotatable bonds is 0. The van der Waals surface area contributed by atoms with E-state index in [2.05, 4.69) is 21.6 Å². The Kier molecular flexibility index (Phi) is 1.21. The summed E-state index contributed by atoms with van der Waals surface area (Å²) in [4.78, 5) is 3.89. The van der Waals surface area contributed by atoms with Gasteiger partial charge in [0.15, 0.2) is 0 Å². The van der Waals surface area contributed by atoms with Crippen molar-refractivity contribution >= 4 is 23.8 Å². The minimum absolute atomic E-state index is 0.586. The Morgan fingerprint density at radius 1 is 1.86 bits per heavy atom. The molecule has 1 aromatic heterocycles. The number of nitrogens with zero attached hydrogens (tertiary/aromatic N) is 1. The predicted octanol–water partition coefficient (Wildman–Crippen LogP) is 1.51. The molecule has 0 aliphatic carbocycles. The van der Waals surface area contributed by atoms with E-state index in [1.54, 1.807) is 0 Å². The van der Waals surface area contributed by atoms with Gasteiger partial charge in [0.05, 0.1) is 0 Å². The maximum Gasteiger partial charge on any atom is 0.207 e. The van der Waals surface area contributed by atoms with Gasteiger partial charge in [0.1, 0.15) is 5.01 Å². The third-order valence-electron chi connectivity index (χ3n) is 0.545. The highest BCUT2D eigenvalue weighted by molar-refractivity contribution is 7.71. The molecule has 1 heterocycles. The van der Waals surface area contributed by atoms with Crippen LogP contribution in [0.5, 0.6) is 0 Å². The minimum Gasteiger partial charge on any atom is -0.285 e. The van der Waals surface area contributed by atoms with Crippen LogP contribution in [0.1, 0.15) is 5.01 Å². The lowest BCUT2D eigenvalue weighted by Gasteiger charge is -1.62. The van der Waals surface area contributed by atoms with Crippen molar-refractivity contribution in [3.63, 3.8) is 0 Å². The fourth-order valence-corrected chi connectivity index (χ4v) is 1.04. The van der Waals surface area contributed by atoms with Crippen molar-refractivity contribution in [3.05, 3.63) is 9.78 Å². The fourth-order valence-electron chi connectivity index (χ4n) is 0.306. The Balaban J connectivity index is 3.30. The van der Waals surface area contributed by atoms with Gasteiger partial charge in [-0.15, -0.1) is 0 Å². The Morgan fingerprint density at radius 3 is 2.71 bits per heavy atom. The average molecular weight is 132 g/mol. The summed E-state index contributed by atoms with van der Waals surface area (Å²) in [5.41, 5.74) is 0. The van der Waals surface area contributed by atoms with Gasteiger partial charge in [0.2, 0.25) is 4.77 Å². The van der Waals surface area contributed by atoms with Gasteiger partial charge in [-0.2, -0.15) is 0 Å². The molecular formula is C3H4N2S2. The Labute approximate surface area is 50.4 Å². The van der Waals surface area contributed by atoms with E-state index >= 15 is 0 Å². The van der Waals surface area contributed by atoms with Crippen LogP contribution in [-0.2, 0) is 0 Å². The minimum atomic E-state index is 0.586. The molecule has 0 unspecified atom stereocenters. The first-order valence-electron chi connectivity index (χ1n) is 1.81. The van der Waals surface area contributed by atoms with Crippen molar-refractivity contribution in [2.24, 2.45) is 0 Å². The van der Waals surface area contributed by atoms with Crippen molar-refractivity contribution in [1.82, 2.24) is 9.36 Å². The van der Waals surface area contributed by atoms with Gasteiger partial charge in [0.25, 0.3) is 0 Å². The van der Waals surface area contributed by atoms with E-state index in [1.165, 1.54) is 11.5 Å². The topological polar surface area (TPSA) is 28.7 Å². The number of H-pyrrole nitrogens is 1. The van der Waals surface area contributed by atoms with Crippen LogP contribution >= 0.6 is 23.8 Å². The molecule has 0 saturated heterocycles. The largest absolute Gasteiger partial charge is 0.285 e. The first kappa shape index (κ1) is 4.93. The second-order valence-corrected chi connectivity index (χ2v) is 2.53. The molecule has 0 atom stereocenters. The van der Waals surface area contributed by atoms with Crippen molar-refractivity contribution in [2.45, 2.75) is 6.92 Å². The average Bonchev–Trinajstić information content (AvgIpc) is 1.87. The molecule has 1 N–H and O–H groups in total. The third kappa shape index (κ3) is 1.07. The summed E-state index contributed by atoms with van der Waals surface area (Å²) in [6.45, 7) is 1.91. The van der Waals surface area contributed by atoms with Crippen LogP contribution in [0.15, 0.2) is 0 Å². The zero-order valence-electron chi connectivity index (χ0n) is 3.76. The van der Waals surface area contributed by atoms with Crippen LogP contribution in [0.25, 0.3) is 0 Å². The monoisotopic (exact) mass is 132 g/mol. The smallest absolute Gasteiger partial charge is 0.207 e. The zero-order chi connectivity index (χ0) is 5.28. The Bertz CT molecular complexity index is 199. The third-order valence-corrected chi connectivity index (χ3v) is 1.55. The van der Waals surface area contributed by atoms with E-state index in [1.807, 2.05) is 6.92 Å². The first-order chi connectivity index (χ1) is 3.29. The van der Waals surface area contributed by atoms with Gasteiger partial charge < -0.3 is 0 Å². The summed E-state index contributed by atoms with van der Waals surface area (Å²) >= 11 is 6.14. The molecule has 2 nitrogen and oxygen atoms in total. The molecule has 38 valence electrons. The maximum absolute atomic E-state index is 4.68. The fraction of sp³-hybridized carbons (Fsp3) is 0.333. The summed E-state index contributed by atoms with van der Waals surface area (Å²) in [6.07, 6.45) is 0. The van der Waals surface area contributed by atoms with Crippen LogP contribution in [0.2, 0.25) is 0 Å². The highest BCUT2D eigenvalue weighted by Gasteiger charge is 1.82. The molecular weight excluding hydrogens is 128 g/mol. The van der Waals surface area contributed by atoms with Gasteiger partial charge in [0, 0.05) is 0 Å².